The number of ether oxygens (including phenoxy) is 1. The molecule has 2 heterocycles. The molecule has 2 aliphatic rings. The van der Waals surface area contributed by atoms with E-state index in [2.05, 4.69) is 20.2 Å². The Morgan fingerprint density at radius 2 is 2.19 bits per heavy atom. The average Bonchev–Trinajstić information content (AvgIpc) is 2.46. The highest BCUT2D eigenvalue weighted by molar-refractivity contribution is 5.83. The number of anilines is 1. The third-order valence-corrected chi connectivity index (χ3v) is 4.24. The van der Waals surface area contributed by atoms with Crippen LogP contribution in [0.1, 0.15) is 37.2 Å². The number of aromatic nitrogens is 2. The van der Waals surface area contributed by atoms with Crippen molar-refractivity contribution in [2.24, 2.45) is 0 Å². The van der Waals surface area contributed by atoms with Crippen molar-refractivity contribution in [3.05, 3.63) is 17.6 Å². The molecule has 0 bridgehead atoms. The minimum Gasteiger partial charge on any atom is -0.377 e. The topological polar surface area (TPSA) is 67.3 Å². The maximum absolute atomic E-state index is 12.0. The Morgan fingerprint density at radius 1 is 1.38 bits per heavy atom. The van der Waals surface area contributed by atoms with Gasteiger partial charge in [0.25, 0.3) is 0 Å². The molecule has 6 heteroatoms. The number of carbonyl (C=O) groups excluding carboxylic acids is 1. The molecule has 1 amide bonds. The first-order valence-corrected chi connectivity index (χ1v) is 7.57. The van der Waals surface area contributed by atoms with E-state index in [-0.39, 0.29) is 11.9 Å². The van der Waals surface area contributed by atoms with Crippen LogP contribution in [0.2, 0.25) is 0 Å². The lowest BCUT2D eigenvalue weighted by Crippen LogP contribution is -2.62. The van der Waals surface area contributed by atoms with Gasteiger partial charge in [0.15, 0.2) is 5.82 Å². The molecule has 114 valence electrons. The van der Waals surface area contributed by atoms with Crippen molar-refractivity contribution in [2.45, 2.75) is 51.3 Å². The number of fused-ring (bicyclic) bond motifs is 1. The summed E-state index contributed by atoms with van der Waals surface area (Å²) in [4.78, 5) is 23.1. The number of nitrogens with one attached hydrogen (secondary N) is 1. The number of piperazine rings is 1. The minimum atomic E-state index is 0.0858. The minimum absolute atomic E-state index is 0.0858. The maximum atomic E-state index is 12.0. The zero-order chi connectivity index (χ0) is 14.8. The van der Waals surface area contributed by atoms with E-state index in [1.54, 1.807) is 7.11 Å². The summed E-state index contributed by atoms with van der Waals surface area (Å²) in [6.45, 7) is 2.72. The van der Waals surface area contributed by atoms with E-state index in [1.807, 2.05) is 13.0 Å². The van der Waals surface area contributed by atoms with Crippen LogP contribution in [-0.4, -0.2) is 41.6 Å². The second kappa shape index (κ2) is 5.97. The van der Waals surface area contributed by atoms with Crippen LogP contribution in [-0.2, 0) is 16.1 Å². The lowest BCUT2D eigenvalue weighted by molar-refractivity contribution is -0.122. The van der Waals surface area contributed by atoms with Crippen LogP contribution in [0.4, 0.5) is 5.82 Å². The van der Waals surface area contributed by atoms with Gasteiger partial charge in [-0.25, -0.2) is 9.97 Å². The Hall–Kier alpha value is -1.69. The van der Waals surface area contributed by atoms with Crippen LogP contribution in [0.15, 0.2) is 6.07 Å². The highest BCUT2D eigenvalue weighted by Crippen LogP contribution is 2.29. The van der Waals surface area contributed by atoms with Crippen LogP contribution >= 0.6 is 0 Å². The number of hydrogen-bond donors (Lipinski definition) is 1. The Kier molecular flexibility index (Phi) is 4.05. The lowest BCUT2D eigenvalue weighted by Gasteiger charge is -2.44. The quantitative estimate of drug-likeness (QED) is 0.905. The molecule has 2 atom stereocenters. The Labute approximate surface area is 124 Å². The van der Waals surface area contributed by atoms with Gasteiger partial charge >= 0.3 is 0 Å². The predicted molar refractivity (Wildman–Crippen MR) is 79.0 cm³/mol. The van der Waals surface area contributed by atoms with Gasteiger partial charge in [-0.3, -0.25) is 4.79 Å². The van der Waals surface area contributed by atoms with Crippen LogP contribution in [0.3, 0.4) is 0 Å². The summed E-state index contributed by atoms with van der Waals surface area (Å²) in [6, 6.07) is 2.56. The monoisotopic (exact) mass is 290 g/mol. The molecule has 0 spiro atoms. The van der Waals surface area contributed by atoms with Crippen molar-refractivity contribution in [3.8, 4) is 0 Å². The zero-order valence-corrected chi connectivity index (χ0v) is 12.6. The molecule has 1 N–H and O–H groups in total. The van der Waals surface area contributed by atoms with Crippen LogP contribution in [0.5, 0.6) is 0 Å². The maximum Gasteiger partial charge on any atom is 0.239 e. The first-order chi connectivity index (χ1) is 10.2. The molecule has 3 rings (SSSR count). The molecular weight excluding hydrogens is 268 g/mol. The number of rotatable bonds is 3. The van der Waals surface area contributed by atoms with Gasteiger partial charge in [-0.2, -0.15) is 0 Å². The summed E-state index contributed by atoms with van der Waals surface area (Å²) in [5, 5.41) is 3.12. The molecule has 0 unspecified atom stereocenters. The fraction of sp³-hybridized carbons (Fsp3) is 0.667. The number of methoxy groups -OCH3 is 1. The second-order valence-electron chi connectivity index (χ2n) is 5.87. The van der Waals surface area contributed by atoms with Gasteiger partial charge in [-0.1, -0.05) is 12.8 Å². The molecule has 1 saturated carbocycles. The third-order valence-electron chi connectivity index (χ3n) is 4.24. The number of amides is 1. The molecular formula is C15H22N4O2. The van der Waals surface area contributed by atoms with Crippen molar-refractivity contribution in [1.82, 2.24) is 15.3 Å². The molecule has 2 fully saturated rings. The van der Waals surface area contributed by atoms with Gasteiger partial charge in [0, 0.05) is 24.9 Å². The molecule has 21 heavy (non-hydrogen) atoms. The molecule has 1 aromatic heterocycles. The van der Waals surface area contributed by atoms with Crippen LogP contribution in [0.25, 0.3) is 0 Å². The van der Waals surface area contributed by atoms with E-state index < -0.39 is 0 Å². The van der Waals surface area contributed by atoms with Gasteiger partial charge < -0.3 is 15.0 Å². The number of carbonyl (C=O) groups is 1. The average molecular weight is 290 g/mol. The van der Waals surface area contributed by atoms with E-state index in [1.165, 1.54) is 12.8 Å². The normalized spacial score (nSPS) is 25.4. The molecule has 0 radical (unpaired) electrons. The van der Waals surface area contributed by atoms with Crippen molar-refractivity contribution >= 4 is 11.7 Å². The summed E-state index contributed by atoms with van der Waals surface area (Å²) in [5.74, 6) is 1.61. The lowest BCUT2D eigenvalue weighted by atomic mass is 9.87. The zero-order valence-electron chi connectivity index (χ0n) is 12.6. The van der Waals surface area contributed by atoms with Gasteiger partial charge in [-0.05, 0) is 19.8 Å². The predicted octanol–water partition coefficient (Wildman–Crippen LogP) is 1.18. The van der Waals surface area contributed by atoms with Crippen molar-refractivity contribution < 1.29 is 9.53 Å². The second-order valence-corrected chi connectivity index (χ2v) is 5.87. The third kappa shape index (κ3) is 3.00. The van der Waals surface area contributed by atoms with E-state index in [0.717, 1.165) is 24.4 Å². The van der Waals surface area contributed by atoms with Gasteiger partial charge in [-0.15, -0.1) is 0 Å². The summed E-state index contributed by atoms with van der Waals surface area (Å²) in [7, 11) is 1.64. The van der Waals surface area contributed by atoms with Crippen LogP contribution < -0.4 is 10.2 Å². The molecule has 1 saturated heterocycles. The fourth-order valence-corrected chi connectivity index (χ4v) is 3.38. The number of hydrogen-bond acceptors (Lipinski definition) is 5. The molecule has 6 nitrogen and oxygen atoms in total. The fourth-order valence-electron chi connectivity index (χ4n) is 3.38. The molecule has 1 aromatic rings. The van der Waals surface area contributed by atoms with E-state index in [4.69, 9.17) is 4.74 Å². The van der Waals surface area contributed by atoms with E-state index >= 15 is 0 Å². The Morgan fingerprint density at radius 3 is 3.00 bits per heavy atom. The Bertz CT molecular complexity index is 534. The van der Waals surface area contributed by atoms with Crippen molar-refractivity contribution in [1.29, 1.82) is 0 Å². The smallest absolute Gasteiger partial charge is 0.239 e. The summed E-state index contributed by atoms with van der Waals surface area (Å²) in [6.07, 6.45) is 4.56. The number of aryl methyl sites for hydroxylation is 1. The highest BCUT2D eigenvalue weighted by atomic mass is 16.5. The van der Waals surface area contributed by atoms with Gasteiger partial charge in [0.1, 0.15) is 12.4 Å². The van der Waals surface area contributed by atoms with E-state index in [9.17, 15) is 4.79 Å². The number of nitrogens with zero attached hydrogens (tertiary/aromatic N) is 3. The summed E-state index contributed by atoms with van der Waals surface area (Å²) in [5.41, 5.74) is 0.908. The van der Waals surface area contributed by atoms with Gasteiger partial charge in [0.05, 0.1) is 12.6 Å². The Balaban J connectivity index is 1.91. The first kappa shape index (κ1) is 14.3. The standard InChI is InChI=1S/C15H22N4O2/c1-10-7-14(18-13(16-10)9-21-2)19-8-15(20)17-11-5-3-4-6-12(11)19/h7,11-12H,3-6,8-9H2,1-2H3,(H,17,20)/t11-,12+/m1/s1. The summed E-state index contributed by atoms with van der Waals surface area (Å²) >= 11 is 0. The highest BCUT2D eigenvalue weighted by Gasteiger charge is 2.37. The van der Waals surface area contributed by atoms with Crippen molar-refractivity contribution in [2.75, 3.05) is 18.6 Å². The SMILES string of the molecule is COCc1nc(C)cc(N2CC(=O)N[C@@H]3CCCC[C@@H]32)n1. The first-order valence-electron chi connectivity index (χ1n) is 7.57. The summed E-state index contributed by atoms with van der Waals surface area (Å²) < 4.78 is 5.13. The van der Waals surface area contributed by atoms with Crippen LogP contribution in [0, 0.1) is 6.92 Å². The van der Waals surface area contributed by atoms with E-state index in [0.29, 0.717) is 25.0 Å². The molecule has 1 aliphatic carbocycles. The van der Waals surface area contributed by atoms with Crippen molar-refractivity contribution in [3.63, 3.8) is 0 Å². The van der Waals surface area contributed by atoms with Gasteiger partial charge in [0.2, 0.25) is 5.91 Å². The molecule has 1 aliphatic heterocycles. The molecule has 0 aromatic carbocycles. The largest absolute Gasteiger partial charge is 0.377 e.